The van der Waals surface area contributed by atoms with E-state index in [0.29, 0.717) is 5.82 Å². The smallest absolute Gasteiger partial charge is 0.0634 e. The van der Waals surface area contributed by atoms with Gasteiger partial charge in [0, 0.05) is 62.3 Å². The maximum Gasteiger partial charge on any atom is 0.0634 e. The van der Waals surface area contributed by atoms with Crippen LogP contribution < -0.4 is 5.10 Å². The van der Waals surface area contributed by atoms with Crippen LogP contribution in [-0.2, 0) is 45.4 Å². The van der Waals surface area contributed by atoms with Crippen molar-refractivity contribution < 1.29 is 24.5 Å². The van der Waals surface area contributed by atoms with Gasteiger partial charge in [-0.2, -0.15) is 0 Å². The molecule has 6 nitrogen and oxygen atoms in total. The summed E-state index contributed by atoms with van der Waals surface area (Å²) in [7, 11) is 1.90. The fourth-order valence-electron chi connectivity index (χ4n) is 3.48. The summed E-state index contributed by atoms with van der Waals surface area (Å²) in [5.41, 5.74) is 4.78. The van der Waals surface area contributed by atoms with Crippen molar-refractivity contribution in [2.75, 3.05) is 0 Å². The summed E-state index contributed by atoms with van der Waals surface area (Å²) in [6.45, 7) is 6.19. The SMILES string of the molecule is CC(C)(C)c1n[n-]c(-c2ccccn2)n1.Cn1cc2c(n1)-c1[c-]c(F)ccc1CCC2.[Ir]. The number of hydrogen-bond acceptors (Lipinski definition) is 4. The molecule has 5 rings (SSSR count). The second-order valence-electron chi connectivity index (χ2n) is 8.66. The molecule has 0 bridgehead atoms. The Hall–Kier alpha value is -2.70. The van der Waals surface area contributed by atoms with Crippen LogP contribution in [0.1, 0.15) is 44.1 Å². The molecule has 3 heterocycles. The molecule has 4 aromatic rings. The molecule has 0 unspecified atom stereocenters. The summed E-state index contributed by atoms with van der Waals surface area (Å²) in [4.78, 5) is 8.55. The molecule has 0 amide bonds. The average molecular weight is 609 g/mol. The maximum absolute atomic E-state index is 13.2. The van der Waals surface area contributed by atoms with Gasteiger partial charge in [0.1, 0.15) is 0 Å². The summed E-state index contributed by atoms with van der Waals surface area (Å²) < 4.78 is 15.0. The number of hydrogen-bond donors (Lipinski definition) is 0. The van der Waals surface area contributed by atoms with E-state index in [1.54, 1.807) is 10.9 Å². The van der Waals surface area contributed by atoms with Gasteiger partial charge in [-0.05, 0) is 29.9 Å². The Balaban J connectivity index is 0.000000176. The number of aromatic nitrogens is 6. The minimum Gasteiger partial charge on any atom is -0.420 e. The van der Waals surface area contributed by atoms with Crippen LogP contribution in [0.4, 0.5) is 4.39 Å². The third-order valence-electron chi connectivity index (χ3n) is 5.05. The number of fused-ring (bicyclic) bond motifs is 3. The van der Waals surface area contributed by atoms with E-state index in [2.05, 4.69) is 52.1 Å². The minimum atomic E-state index is -0.308. The van der Waals surface area contributed by atoms with Crippen molar-refractivity contribution in [3.63, 3.8) is 0 Å². The molecule has 0 N–H and O–H groups in total. The molecule has 0 spiro atoms. The van der Waals surface area contributed by atoms with Crippen molar-refractivity contribution in [1.29, 1.82) is 0 Å². The Bertz CT molecular complexity index is 1180. The third-order valence-corrected chi connectivity index (χ3v) is 5.05. The monoisotopic (exact) mass is 609 g/mol. The van der Waals surface area contributed by atoms with Gasteiger partial charge in [0.25, 0.3) is 0 Å². The first kappa shape index (κ1) is 24.0. The summed E-state index contributed by atoms with van der Waals surface area (Å²) in [5, 5.41) is 12.5. The second kappa shape index (κ2) is 9.84. The Morgan fingerprint density at radius 1 is 1.09 bits per heavy atom. The van der Waals surface area contributed by atoms with E-state index in [4.69, 9.17) is 0 Å². The molecular formula is C24H25FIrN6-2. The zero-order valence-electron chi connectivity index (χ0n) is 18.6. The standard InChI is InChI=1S/C13H12FN2.C11H13N4.Ir/c1-16-8-10-4-2-3-9-5-6-11(14)7-12(9)13(10)15-16;1-11(2,3)10-13-9(14-15-10)8-6-4-5-7-12-8;/h5-6,8H,2-4H2,1H3;4-7H,1-3H3;/q2*-1;. The summed E-state index contributed by atoms with van der Waals surface area (Å²) in [6.07, 6.45) is 6.82. The van der Waals surface area contributed by atoms with E-state index in [0.717, 1.165) is 47.6 Å². The van der Waals surface area contributed by atoms with Crippen LogP contribution in [0.3, 0.4) is 0 Å². The van der Waals surface area contributed by atoms with Gasteiger partial charge in [-0.3, -0.25) is 14.8 Å². The molecule has 8 heteroatoms. The van der Waals surface area contributed by atoms with Crippen molar-refractivity contribution in [2.45, 2.75) is 45.4 Å². The van der Waals surface area contributed by atoms with Crippen LogP contribution in [0.2, 0.25) is 0 Å². The molecule has 32 heavy (non-hydrogen) atoms. The van der Waals surface area contributed by atoms with E-state index in [1.165, 1.54) is 11.6 Å². The Morgan fingerprint density at radius 2 is 1.88 bits per heavy atom. The molecule has 1 aliphatic rings. The number of nitrogens with zero attached hydrogens (tertiary/aromatic N) is 6. The third kappa shape index (κ3) is 5.37. The molecule has 169 valence electrons. The largest absolute Gasteiger partial charge is 0.420 e. The van der Waals surface area contributed by atoms with Gasteiger partial charge in [0.2, 0.25) is 0 Å². The average Bonchev–Trinajstić information content (AvgIpc) is 3.34. The molecule has 3 aromatic heterocycles. The van der Waals surface area contributed by atoms with Gasteiger partial charge in [0.15, 0.2) is 0 Å². The fraction of sp³-hybridized carbons (Fsp3) is 0.333. The van der Waals surface area contributed by atoms with Crippen LogP contribution in [-0.4, -0.2) is 24.8 Å². The zero-order valence-corrected chi connectivity index (χ0v) is 21.0. The summed E-state index contributed by atoms with van der Waals surface area (Å²) in [5.74, 6) is 1.04. The first-order chi connectivity index (χ1) is 14.8. The first-order valence-corrected chi connectivity index (χ1v) is 10.3. The van der Waals surface area contributed by atoms with Crippen LogP contribution in [0.25, 0.3) is 22.8 Å². The van der Waals surface area contributed by atoms with Crippen LogP contribution in [0.15, 0.2) is 42.7 Å². The summed E-state index contributed by atoms with van der Waals surface area (Å²) >= 11 is 0. The molecule has 0 aliphatic heterocycles. The van der Waals surface area contributed by atoms with Gasteiger partial charge < -0.3 is 10.1 Å². The Labute approximate surface area is 201 Å². The summed E-state index contributed by atoms with van der Waals surface area (Å²) in [6, 6.07) is 11.8. The van der Waals surface area contributed by atoms with E-state index >= 15 is 0 Å². The van der Waals surface area contributed by atoms with Crippen LogP contribution in [0, 0.1) is 11.9 Å². The number of benzene rings is 1. The van der Waals surface area contributed by atoms with Gasteiger partial charge in [-0.25, -0.2) is 9.49 Å². The molecule has 1 aromatic carbocycles. The molecule has 1 aliphatic carbocycles. The minimum absolute atomic E-state index is 0. The molecule has 0 fully saturated rings. The topological polar surface area (TPSA) is 70.6 Å². The molecule has 1 radical (unpaired) electrons. The predicted molar refractivity (Wildman–Crippen MR) is 117 cm³/mol. The number of aryl methyl sites for hydroxylation is 3. The van der Waals surface area contributed by atoms with Crippen LogP contribution in [0.5, 0.6) is 0 Å². The van der Waals surface area contributed by atoms with E-state index in [1.807, 2.05) is 37.5 Å². The number of rotatable bonds is 1. The Morgan fingerprint density at radius 3 is 2.56 bits per heavy atom. The molecule has 0 atom stereocenters. The van der Waals surface area contributed by atoms with Crippen LogP contribution >= 0.6 is 0 Å². The zero-order chi connectivity index (χ0) is 22.0. The predicted octanol–water partition coefficient (Wildman–Crippen LogP) is 4.31. The van der Waals surface area contributed by atoms with Crippen molar-refractivity contribution >= 4 is 0 Å². The van der Waals surface area contributed by atoms with Crippen molar-refractivity contribution in [3.05, 3.63) is 71.6 Å². The van der Waals surface area contributed by atoms with E-state index < -0.39 is 0 Å². The normalized spacial score (nSPS) is 12.5. The van der Waals surface area contributed by atoms with Gasteiger partial charge in [-0.1, -0.05) is 39.7 Å². The quantitative estimate of drug-likeness (QED) is 0.302. The van der Waals surface area contributed by atoms with E-state index in [-0.39, 0.29) is 31.3 Å². The second-order valence-corrected chi connectivity index (χ2v) is 8.66. The van der Waals surface area contributed by atoms with Gasteiger partial charge in [0.05, 0.1) is 5.69 Å². The van der Waals surface area contributed by atoms with Crippen molar-refractivity contribution in [3.8, 4) is 22.8 Å². The van der Waals surface area contributed by atoms with Crippen molar-refractivity contribution in [2.24, 2.45) is 7.05 Å². The fourth-order valence-corrected chi connectivity index (χ4v) is 3.48. The van der Waals surface area contributed by atoms with Gasteiger partial charge >= 0.3 is 0 Å². The first-order valence-electron chi connectivity index (χ1n) is 10.3. The maximum atomic E-state index is 13.2. The molecule has 0 saturated carbocycles. The number of halogens is 1. The Kier molecular flexibility index (Phi) is 7.36. The molecule has 0 saturated heterocycles. The number of pyridine rings is 1. The van der Waals surface area contributed by atoms with E-state index in [9.17, 15) is 4.39 Å². The van der Waals surface area contributed by atoms with Crippen molar-refractivity contribution in [1.82, 2.24) is 29.9 Å². The molecular weight excluding hydrogens is 584 g/mol. The van der Waals surface area contributed by atoms with Gasteiger partial charge in [-0.15, -0.1) is 29.3 Å².